The Hall–Kier alpha value is -1.32. The van der Waals surface area contributed by atoms with Crippen molar-refractivity contribution in [3.63, 3.8) is 0 Å². The number of aliphatic hydroxyl groups excluding tert-OH is 2. The molecular weight excluding hydrogens is 499 g/mol. The number of phosphoric acid groups is 3. The standard InChI is InChI=1S/C12H18N5O12P3/c13-10-6-11(15-3-14-10)17(4-16-6)7-5-1-12(5,9(19)8(7)18)2-27-31(23,24)29-32(25,26)28-30(20,21)22/h3-5,7-9,18-19H,1-2H2,(H,23,24)(H,25,26)(H2,13,14,15)(H2,20,21,22)/t5-,7+,8-,9-,12-/m0/s1. The van der Waals surface area contributed by atoms with Gasteiger partial charge in [0.25, 0.3) is 0 Å². The van der Waals surface area contributed by atoms with Crippen molar-refractivity contribution in [1.29, 1.82) is 0 Å². The zero-order valence-corrected chi connectivity index (χ0v) is 18.4. The predicted molar refractivity (Wildman–Crippen MR) is 101 cm³/mol. The van der Waals surface area contributed by atoms with Crippen molar-refractivity contribution >= 4 is 40.4 Å². The molecule has 0 radical (unpaired) electrons. The first-order valence-electron chi connectivity index (χ1n) is 8.73. The monoisotopic (exact) mass is 517 g/mol. The zero-order valence-electron chi connectivity index (χ0n) is 15.7. The summed E-state index contributed by atoms with van der Waals surface area (Å²) in [5.41, 5.74) is 5.11. The average molecular weight is 517 g/mol. The molecule has 2 unspecified atom stereocenters. The second-order valence-electron chi connectivity index (χ2n) is 7.42. The van der Waals surface area contributed by atoms with Gasteiger partial charge in [-0.15, -0.1) is 0 Å². The van der Waals surface area contributed by atoms with Gasteiger partial charge in [0.05, 0.1) is 25.1 Å². The molecule has 4 rings (SSSR count). The molecule has 0 spiro atoms. The number of anilines is 1. The molecule has 2 aliphatic carbocycles. The maximum atomic E-state index is 12.0. The van der Waals surface area contributed by atoms with Gasteiger partial charge in [0.15, 0.2) is 11.5 Å². The molecule has 2 aliphatic rings. The Labute approximate surface area is 178 Å². The van der Waals surface area contributed by atoms with Crippen LogP contribution in [0, 0.1) is 11.3 Å². The Bertz CT molecular complexity index is 1200. The molecule has 2 fully saturated rings. The summed E-state index contributed by atoms with van der Waals surface area (Å²) < 4.78 is 47.6. The van der Waals surface area contributed by atoms with Crippen molar-refractivity contribution in [3.05, 3.63) is 12.7 Å². The third-order valence-electron chi connectivity index (χ3n) is 5.47. The van der Waals surface area contributed by atoms with Gasteiger partial charge in [-0.05, 0) is 12.3 Å². The van der Waals surface area contributed by atoms with Crippen LogP contribution in [-0.2, 0) is 26.8 Å². The Morgan fingerprint density at radius 2 is 1.78 bits per heavy atom. The van der Waals surface area contributed by atoms with Gasteiger partial charge >= 0.3 is 23.5 Å². The van der Waals surface area contributed by atoms with E-state index in [0.717, 1.165) is 0 Å². The number of imidazole rings is 1. The molecule has 8 N–H and O–H groups in total. The van der Waals surface area contributed by atoms with Gasteiger partial charge in [-0.3, -0.25) is 4.52 Å². The Kier molecular flexibility index (Phi) is 5.66. The number of phosphoric ester groups is 1. The first-order valence-corrected chi connectivity index (χ1v) is 13.3. The van der Waals surface area contributed by atoms with Gasteiger partial charge in [-0.1, -0.05) is 0 Å². The van der Waals surface area contributed by atoms with Crippen LogP contribution < -0.4 is 5.73 Å². The highest BCUT2D eigenvalue weighted by Gasteiger charge is 2.72. The van der Waals surface area contributed by atoms with E-state index < -0.39 is 59.7 Å². The second-order valence-corrected chi connectivity index (χ2v) is 11.8. The van der Waals surface area contributed by atoms with Crippen LogP contribution in [0.1, 0.15) is 12.5 Å². The number of rotatable bonds is 8. The summed E-state index contributed by atoms with van der Waals surface area (Å²) in [5.74, 6) is -0.370. The lowest BCUT2D eigenvalue weighted by atomic mass is 10.0. The quantitative estimate of drug-likeness (QED) is 0.208. The molecule has 2 heterocycles. The van der Waals surface area contributed by atoms with Crippen molar-refractivity contribution in [2.24, 2.45) is 11.3 Å². The van der Waals surface area contributed by atoms with E-state index in [4.69, 9.17) is 15.5 Å². The summed E-state index contributed by atoms with van der Waals surface area (Å²) in [7, 11) is -16.6. The molecular formula is C12H18N5O12P3. The topological polar surface area (TPSA) is 270 Å². The fourth-order valence-corrected chi connectivity index (χ4v) is 7.22. The van der Waals surface area contributed by atoms with Crippen LogP contribution in [0.15, 0.2) is 12.7 Å². The van der Waals surface area contributed by atoms with Crippen molar-refractivity contribution in [2.45, 2.75) is 24.7 Å². The Morgan fingerprint density at radius 3 is 2.44 bits per heavy atom. The van der Waals surface area contributed by atoms with Crippen molar-refractivity contribution in [2.75, 3.05) is 12.3 Å². The molecule has 0 aliphatic heterocycles. The van der Waals surface area contributed by atoms with E-state index in [1.54, 1.807) is 0 Å². The van der Waals surface area contributed by atoms with E-state index in [1.165, 1.54) is 17.2 Å². The van der Waals surface area contributed by atoms with E-state index in [1.807, 2.05) is 0 Å². The molecule has 178 valence electrons. The number of nitrogens with zero attached hydrogens (tertiary/aromatic N) is 4. The SMILES string of the molecule is Nc1ncnc2c1ncn2[C@H]1[C@H](O)[C@H](O)[C@]2(COP(=O)(O)OP(=O)(O)OP(=O)(O)O)C[C@@H]12. The number of nitrogen functional groups attached to an aromatic ring is 1. The van der Waals surface area contributed by atoms with E-state index in [2.05, 4.69) is 28.1 Å². The van der Waals surface area contributed by atoms with E-state index >= 15 is 0 Å². The van der Waals surface area contributed by atoms with Gasteiger partial charge in [0.2, 0.25) is 0 Å². The molecule has 0 bridgehead atoms. The highest BCUT2D eigenvalue weighted by atomic mass is 31.3. The molecule has 2 aromatic heterocycles. The summed E-state index contributed by atoms with van der Waals surface area (Å²) in [6.45, 7) is -0.695. The lowest BCUT2D eigenvalue weighted by Crippen LogP contribution is -2.35. The molecule has 17 nitrogen and oxygen atoms in total. The second kappa shape index (κ2) is 7.60. The number of nitrogens with two attached hydrogens (primary N) is 1. The zero-order chi connectivity index (χ0) is 23.7. The molecule has 7 atom stereocenters. The number of fused-ring (bicyclic) bond motifs is 2. The minimum absolute atomic E-state index is 0.108. The highest BCUT2D eigenvalue weighted by molar-refractivity contribution is 7.66. The van der Waals surface area contributed by atoms with Crippen molar-refractivity contribution < 1.29 is 56.6 Å². The highest BCUT2D eigenvalue weighted by Crippen LogP contribution is 2.71. The summed E-state index contributed by atoms with van der Waals surface area (Å²) in [5, 5.41) is 21.2. The normalized spacial score (nSPS) is 33.6. The fourth-order valence-electron chi connectivity index (χ4n) is 4.12. The molecule has 20 heteroatoms. The number of hydrogen-bond donors (Lipinski definition) is 7. The largest absolute Gasteiger partial charge is 0.490 e. The van der Waals surface area contributed by atoms with Crippen LogP contribution in [0.4, 0.5) is 5.82 Å². The minimum Gasteiger partial charge on any atom is -0.390 e. The van der Waals surface area contributed by atoms with Gasteiger partial charge in [-0.2, -0.15) is 8.62 Å². The maximum absolute atomic E-state index is 12.0. The van der Waals surface area contributed by atoms with E-state index in [0.29, 0.717) is 5.65 Å². The molecule has 2 aromatic rings. The molecule has 0 amide bonds. The number of aliphatic hydroxyl groups is 2. The van der Waals surface area contributed by atoms with Crippen LogP contribution in [-0.4, -0.2) is 68.1 Å². The number of aromatic nitrogens is 4. The average Bonchev–Trinajstić information content (AvgIpc) is 3.12. The summed E-state index contributed by atoms with van der Waals surface area (Å²) in [6.07, 6.45) is -0.00416. The molecule has 32 heavy (non-hydrogen) atoms. The first kappa shape index (κ1) is 23.8. The lowest BCUT2D eigenvalue weighted by molar-refractivity contribution is -0.0297. The lowest BCUT2D eigenvalue weighted by Gasteiger charge is -2.24. The van der Waals surface area contributed by atoms with Crippen LogP contribution in [0.25, 0.3) is 11.2 Å². The van der Waals surface area contributed by atoms with Crippen molar-refractivity contribution in [3.8, 4) is 0 Å². The van der Waals surface area contributed by atoms with Crippen LogP contribution >= 0.6 is 23.5 Å². The maximum Gasteiger partial charge on any atom is 0.490 e. The molecule has 0 saturated heterocycles. The third-order valence-corrected chi connectivity index (χ3v) is 9.26. The Balaban J connectivity index is 1.50. The predicted octanol–water partition coefficient (Wildman–Crippen LogP) is -0.965. The number of hydrogen-bond acceptors (Lipinski definition) is 12. The molecule has 0 aromatic carbocycles. The van der Waals surface area contributed by atoms with Crippen LogP contribution in [0.2, 0.25) is 0 Å². The third kappa shape index (κ3) is 4.28. The summed E-state index contributed by atoms with van der Waals surface area (Å²) >= 11 is 0. The Morgan fingerprint density at radius 1 is 1.09 bits per heavy atom. The van der Waals surface area contributed by atoms with Gasteiger partial charge in [0, 0.05) is 5.41 Å². The fraction of sp³-hybridized carbons (Fsp3) is 0.583. The van der Waals surface area contributed by atoms with E-state index in [-0.39, 0.29) is 17.8 Å². The smallest absolute Gasteiger partial charge is 0.390 e. The first-order chi connectivity index (χ1) is 14.7. The summed E-state index contributed by atoms with van der Waals surface area (Å²) in [6, 6.07) is -0.756. The summed E-state index contributed by atoms with van der Waals surface area (Å²) in [4.78, 5) is 48.0. The molecule has 2 saturated carbocycles. The van der Waals surface area contributed by atoms with Crippen molar-refractivity contribution in [1.82, 2.24) is 19.5 Å². The van der Waals surface area contributed by atoms with Crippen LogP contribution in [0.3, 0.4) is 0 Å². The van der Waals surface area contributed by atoms with Gasteiger partial charge in [-0.25, -0.2) is 28.6 Å². The van der Waals surface area contributed by atoms with Gasteiger partial charge in [0.1, 0.15) is 17.9 Å². The minimum atomic E-state index is -5.67. The van der Waals surface area contributed by atoms with E-state index in [9.17, 15) is 33.7 Å². The van der Waals surface area contributed by atoms with Gasteiger partial charge < -0.3 is 40.1 Å². The van der Waals surface area contributed by atoms with Crippen LogP contribution in [0.5, 0.6) is 0 Å².